The molecule has 4 rings (SSSR count). The molecule has 1 amide bonds. The first-order valence-corrected chi connectivity index (χ1v) is 7.92. The van der Waals surface area contributed by atoms with Crippen LogP contribution in [0.3, 0.4) is 0 Å². The number of hydrogen-bond donors (Lipinski definition) is 1. The van der Waals surface area contributed by atoms with Gasteiger partial charge in [-0.2, -0.15) is 10.2 Å². The van der Waals surface area contributed by atoms with Gasteiger partial charge in [0.15, 0.2) is 0 Å². The lowest BCUT2D eigenvalue weighted by atomic mass is 10.0. The van der Waals surface area contributed by atoms with Crippen LogP contribution in [0.1, 0.15) is 24.8 Å². The van der Waals surface area contributed by atoms with Gasteiger partial charge in [-0.15, -0.1) is 0 Å². The molecule has 1 aromatic heterocycles. The Labute approximate surface area is 130 Å². The van der Waals surface area contributed by atoms with E-state index in [9.17, 15) is 4.79 Å². The third-order valence-electron chi connectivity index (χ3n) is 4.76. The van der Waals surface area contributed by atoms with E-state index in [4.69, 9.17) is 0 Å². The molecule has 0 unspecified atom stereocenters. The van der Waals surface area contributed by atoms with E-state index in [1.807, 2.05) is 37.3 Å². The number of aromatic nitrogens is 2. The van der Waals surface area contributed by atoms with Crippen LogP contribution in [-0.4, -0.2) is 16.1 Å². The van der Waals surface area contributed by atoms with Crippen LogP contribution < -0.4 is 5.32 Å². The van der Waals surface area contributed by atoms with Crippen LogP contribution in [0.5, 0.6) is 0 Å². The SMILES string of the molecule is Cc1ccc(NC(=O)[C@H]2C[C@H]2C2CC2)cc1-c1cccnn1. The average molecular weight is 293 g/mol. The fourth-order valence-corrected chi connectivity index (χ4v) is 3.22. The van der Waals surface area contributed by atoms with Crippen molar-refractivity contribution in [2.45, 2.75) is 26.2 Å². The van der Waals surface area contributed by atoms with E-state index in [1.54, 1.807) is 6.20 Å². The number of nitrogens with zero attached hydrogens (tertiary/aromatic N) is 2. The van der Waals surface area contributed by atoms with Crippen LogP contribution in [0.4, 0.5) is 5.69 Å². The minimum atomic E-state index is 0.172. The van der Waals surface area contributed by atoms with E-state index in [1.165, 1.54) is 12.8 Å². The number of nitrogens with one attached hydrogen (secondary N) is 1. The number of benzene rings is 1. The highest BCUT2D eigenvalue weighted by Gasteiger charge is 2.51. The number of carbonyl (C=O) groups is 1. The fourth-order valence-electron chi connectivity index (χ4n) is 3.22. The number of amides is 1. The smallest absolute Gasteiger partial charge is 0.227 e. The lowest BCUT2D eigenvalue weighted by Crippen LogP contribution is -2.15. The summed E-state index contributed by atoms with van der Waals surface area (Å²) in [7, 11) is 0. The number of rotatable bonds is 4. The highest BCUT2D eigenvalue weighted by molar-refractivity contribution is 5.95. The van der Waals surface area contributed by atoms with Crippen molar-refractivity contribution in [3.05, 3.63) is 42.1 Å². The maximum atomic E-state index is 12.3. The zero-order valence-corrected chi connectivity index (χ0v) is 12.6. The second kappa shape index (κ2) is 5.20. The molecular formula is C18H19N3O. The summed E-state index contributed by atoms with van der Waals surface area (Å²) in [6, 6.07) is 9.78. The molecule has 2 atom stereocenters. The molecule has 0 aliphatic heterocycles. The van der Waals surface area contributed by atoms with Crippen molar-refractivity contribution >= 4 is 11.6 Å². The Bertz CT molecular complexity index is 710. The van der Waals surface area contributed by atoms with Gasteiger partial charge in [0.2, 0.25) is 5.91 Å². The quantitative estimate of drug-likeness (QED) is 0.939. The molecule has 4 heteroatoms. The third-order valence-corrected chi connectivity index (χ3v) is 4.76. The summed E-state index contributed by atoms with van der Waals surface area (Å²) in [6.07, 6.45) is 5.36. The van der Waals surface area contributed by atoms with Gasteiger partial charge in [-0.05, 0) is 67.9 Å². The summed E-state index contributed by atoms with van der Waals surface area (Å²) in [5, 5.41) is 11.2. The van der Waals surface area contributed by atoms with Crippen LogP contribution in [0.15, 0.2) is 36.5 Å². The number of carbonyl (C=O) groups excluding carboxylic acids is 1. The van der Waals surface area contributed by atoms with Crippen molar-refractivity contribution in [1.82, 2.24) is 10.2 Å². The van der Waals surface area contributed by atoms with Crippen molar-refractivity contribution in [1.29, 1.82) is 0 Å². The molecule has 0 spiro atoms. The van der Waals surface area contributed by atoms with E-state index >= 15 is 0 Å². The maximum Gasteiger partial charge on any atom is 0.227 e. The maximum absolute atomic E-state index is 12.3. The molecule has 22 heavy (non-hydrogen) atoms. The van der Waals surface area contributed by atoms with Crippen molar-refractivity contribution in [2.24, 2.45) is 17.8 Å². The largest absolute Gasteiger partial charge is 0.326 e. The molecular weight excluding hydrogens is 274 g/mol. The van der Waals surface area contributed by atoms with Crippen molar-refractivity contribution in [3.63, 3.8) is 0 Å². The molecule has 2 aromatic rings. The van der Waals surface area contributed by atoms with Crippen LogP contribution in [0.25, 0.3) is 11.3 Å². The van der Waals surface area contributed by atoms with Gasteiger partial charge in [0.1, 0.15) is 0 Å². The van der Waals surface area contributed by atoms with E-state index in [0.717, 1.165) is 34.8 Å². The van der Waals surface area contributed by atoms with Gasteiger partial charge in [-0.3, -0.25) is 4.79 Å². The molecule has 0 bridgehead atoms. The van der Waals surface area contributed by atoms with Gasteiger partial charge in [-0.25, -0.2) is 0 Å². The Balaban J connectivity index is 1.52. The van der Waals surface area contributed by atoms with E-state index in [-0.39, 0.29) is 11.8 Å². The molecule has 0 saturated heterocycles. The van der Waals surface area contributed by atoms with E-state index < -0.39 is 0 Å². The number of aryl methyl sites for hydroxylation is 1. The molecule has 1 aromatic carbocycles. The van der Waals surface area contributed by atoms with Gasteiger partial charge < -0.3 is 5.32 Å². The topological polar surface area (TPSA) is 54.9 Å². The monoisotopic (exact) mass is 293 g/mol. The van der Waals surface area contributed by atoms with Gasteiger partial charge in [0.05, 0.1) is 5.69 Å². The molecule has 2 saturated carbocycles. The molecule has 1 N–H and O–H groups in total. The summed E-state index contributed by atoms with van der Waals surface area (Å²) in [4.78, 5) is 12.3. The summed E-state index contributed by atoms with van der Waals surface area (Å²) < 4.78 is 0. The molecule has 112 valence electrons. The predicted molar refractivity (Wildman–Crippen MR) is 85.2 cm³/mol. The summed E-state index contributed by atoms with van der Waals surface area (Å²) in [6.45, 7) is 2.04. The Kier molecular flexibility index (Phi) is 3.17. The Morgan fingerprint density at radius 1 is 1.27 bits per heavy atom. The van der Waals surface area contributed by atoms with Crippen LogP contribution in [0, 0.1) is 24.7 Å². The minimum absolute atomic E-state index is 0.172. The van der Waals surface area contributed by atoms with Gasteiger partial charge in [-0.1, -0.05) is 6.07 Å². The standard InChI is InChI=1S/C18H19N3O/c1-11-4-7-13(9-14(11)17-3-2-8-19-21-17)20-18(22)16-10-15(16)12-5-6-12/h2-4,7-9,12,15-16H,5-6,10H2,1H3,(H,20,22)/t15-,16-/m0/s1. The molecule has 1 heterocycles. The summed E-state index contributed by atoms with van der Waals surface area (Å²) in [5.74, 6) is 1.87. The minimum Gasteiger partial charge on any atom is -0.326 e. The average Bonchev–Trinajstić information content (AvgIpc) is 3.40. The highest BCUT2D eigenvalue weighted by atomic mass is 16.2. The number of anilines is 1. The zero-order valence-electron chi connectivity index (χ0n) is 12.6. The Morgan fingerprint density at radius 2 is 2.14 bits per heavy atom. The third kappa shape index (κ3) is 2.61. The van der Waals surface area contributed by atoms with E-state index in [2.05, 4.69) is 15.5 Å². The first kappa shape index (κ1) is 13.4. The molecule has 0 radical (unpaired) electrons. The lowest BCUT2D eigenvalue weighted by molar-refractivity contribution is -0.117. The van der Waals surface area contributed by atoms with Crippen LogP contribution in [0.2, 0.25) is 0 Å². The highest BCUT2D eigenvalue weighted by Crippen LogP contribution is 2.54. The van der Waals surface area contributed by atoms with Crippen molar-refractivity contribution in [3.8, 4) is 11.3 Å². The van der Waals surface area contributed by atoms with E-state index in [0.29, 0.717) is 5.92 Å². The predicted octanol–water partition coefficient (Wildman–Crippen LogP) is 3.44. The molecule has 2 fully saturated rings. The van der Waals surface area contributed by atoms with Crippen LogP contribution >= 0.6 is 0 Å². The Hall–Kier alpha value is -2.23. The van der Waals surface area contributed by atoms with Gasteiger partial charge >= 0.3 is 0 Å². The summed E-state index contributed by atoms with van der Waals surface area (Å²) in [5.41, 5.74) is 3.82. The lowest BCUT2D eigenvalue weighted by Gasteiger charge is -2.09. The van der Waals surface area contributed by atoms with Gasteiger partial charge in [0, 0.05) is 23.4 Å². The van der Waals surface area contributed by atoms with Crippen molar-refractivity contribution in [2.75, 3.05) is 5.32 Å². The first-order chi connectivity index (χ1) is 10.7. The fraction of sp³-hybridized carbons (Fsp3) is 0.389. The zero-order chi connectivity index (χ0) is 15.1. The second-order valence-corrected chi connectivity index (χ2v) is 6.47. The second-order valence-electron chi connectivity index (χ2n) is 6.47. The summed E-state index contributed by atoms with van der Waals surface area (Å²) >= 11 is 0. The number of hydrogen-bond acceptors (Lipinski definition) is 3. The molecule has 2 aliphatic rings. The molecule has 2 aliphatic carbocycles. The normalized spacial score (nSPS) is 23.1. The first-order valence-electron chi connectivity index (χ1n) is 7.92. The molecule has 4 nitrogen and oxygen atoms in total. The van der Waals surface area contributed by atoms with Crippen molar-refractivity contribution < 1.29 is 4.79 Å². The van der Waals surface area contributed by atoms with Gasteiger partial charge in [0.25, 0.3) is 0 Å². The Morgan fingerprint density at radius 3 is 2.86 bits per heavy atom. The van der Waals surface area contributed by atoms with Crippen LogP contribution in [-0.2, 0) is 4.79 Å².